The van der Waals surface area contributed by atoms with Crippen LogP contribution in [0.3, 0.4) is 0 Å². The van der Waals surface area contributed by atoms with Crippen molar-refractivity contribution in [2.45, 2.75) is 25.4 Å². The number of hydrogen-bond acceptors (Lipinski definition) is 3. The summed E-state index contributed by atoms with van der Waals surface area (Å²) in [4.78, 5) is 13.6. The van der Waals surface area contributed by atoms with Crippen LogP contribution in [0.1, 0.15) is 25.0 Å². The summed E-state index contributed by atoms with van der Waals surface area (Å²) in [5, 5.41) is 16.9. The quantitative estimate of drug-likeness (QED) is 0.586. The summed E-state index contributed by atoms with van der Waals surface area (Å²) in [5.74, 6) is -0.617. The van der Waals surface area contributed by atoms with Crippen LogP contribution >= 0.6 is 0 Å². The van der Waals surface area contributed by atoms with E-state index >= 15 is 0 Å². The van der Waals surface area contributed by atoms with E-state index in [-0.39, 0.29) is 23.7 Å². The zero-order chi connectivity index (χ0) is 22.7. The molecule has 2 N–H and O–H groups in total. The summed E-state index contributed by atoms with van der Waals surface area (Å²) in [6, 6.07) is 26.6. The zero-order valence-electron chi connectivity index (χ0n) is 18.0. The second kappa shape index (κ2) is 8.78. The van der Waals surface area contributed by atoms with Gasteiger partial charge in [0, 0.05) is 22.9 Å². The molecule has 3 aromatic carbocycles. The molecule has 0 aromatic heterocycles. The first kappa shape index (κ1) is 21.5. The number of anilines is 1. The topological polar surface area (TPSA) is 64.9 Å². The van der Waals surface area contributed by atoms with E-state index in [1.807, 2.05) is 74.5 Å². The van der Waals surface area contributed by atoms with Gasteiger partial charge in [0.1, 0.15) is 5.82 Å². The Balaban J connectivity index is 1.96. The fourth-order valence-corrected chi connectivity index (χ4v) is 4.27. The molecular weight excluding hydrogens is 401 g/mol. The summed E-state index contributed by atoms with van der Waals surface area (Å²) in [7, 11) is 0. The maximum atomic E-state index is 13.7. The summed E-state index contributed by atoms with van der Waals surface area (Å²) in [5.41, 5.74) is 1.85. The normalized spacial score (nSPS) is 20.3. The number of carbonyl (C=O) groups is 1. The highest BCUT2D eigenvalue weighted by molar-refractivity contribution is 6.12. The Kier molecular flexibility index (Phi) is 5.89. The van der Waals surface area contributed by atoms with E-state index in [1.165, 1.54) is 12.1 Å². The SMILES string of the molecule is CC(C)C1NC(C#N)(c2ccc(F)cc2)C(c2ccccc2)=C1C(=O)Nc1ccccc1. The second-order valence-corrected chi connectivity index (χ2v) is 8.21. The van der Waals surface area contributed by atoms with Gasteiger partial charge in [-0.15, -0.1) is 0 Å². The van der Waals surface area contributed by atoms with Crippen LogP contribution in [0, 0.1) is 23.1 Å². The molecule has 0 aliphatic carbocycles. The number of nitrogens with one attached hydrogen (secondary N) is 2. The fraction of sp³-hybridized carbons (Fsp3) is 0.185. The highest BCUT2D eigenvalue weighted by Crippen LogP contribution is 2.46. The average Bonchev–Trinajstić information content (AvgIpc) is 3.18. The maximum absolute atomic E-state index is 13.7. The van der Waals surface area contributed by atoms with E-state index < -0.39 is 5.54 Å². The molecule has 32 heavy (non-hydrogen) atoms. The summed E-state index contributed by atoms with van der Waals surface area (Å²) in [6.07, 6.45) is 0. The molecule has 0 bridgehead atoms. The van der Waals surface area contributed by atoms with Crippen molar-refractivity contribution in [3.63, 3.8) is 0 Å². The Morgan fingerprint density at radius 1 is 1.00 bits per heavy atom. The Labute approximate surface area is 187 Å². The lowest BCUT2D eigenvalue weighted by Gasteiger charge is -2.28. The summed E-state index contributed by atoms with van der Waals surface area (Å²) in [6.45, 7) is 4.02. The van der Waals surface area contributed by atoms with Gasteiger partial charge in [-0.05, 0) is 41.3 Å². The Bertz CT molecular complexity index is 1180. The van der Waals surface area contributed by atoms with E-state index in [0.29, 0.717) is 22.4 Å². The molecule has 1 aliphatic heterocycles. The van der Waals surface area contributed by atoms with Gasteiger partial charge in [-0.3, -0.25) is 10.1 Å². The van der Waals surface area contributed by atoms with Gasteiger partial charge in [-0.25, -0.2) is 4.39 Å². The molecule has 0 radical (unpaired) electrons. The van der Waals surface area contributed by atoms with Crippen molar-refractivity contribution in [3.8, 4) is 6.07 Å². The second-order valence-electron chi connectivity index (χ2n) is 8.21. The number of amides is 1. The lowest BCUT2D eigenvalue weighted by atomic mass is 9.80. The van der Waals surface area contributed by atoms with E-state index in [2.05, 4.69) is 16.7 Å². The van der Waals surface area contributed by atoms with E-state index in [1.54, 1.807) is 12.1 Å². The minimum Gasteiger partial charge on any atom is -0.322 e. The van der Waals surface area contributed by atoms with Crippen molar-refractivity contribution in [2.24, 2.45) is 5.92 Å². The number of halogens is 1. The van der Waals surface area contributed by atoms with Crippen LogP contribution in [0.4, 0.5) is 10.1 Å². The molecule has 2 unspecified atom stereocenters. The molecule has 1 amide bonds. The molecule has 0 spiro atoms. The first-order valence-electron chi connectivity index (χ1n) is 10.6. The predicted molar refractivity (Wildman–Crippen MR) is 124 cm³/mol. The molecule has 2 atom stereocenters. The number of nitriles is 1. The Hall–Kier alpha value is -3.75. The highest BCUT2D eigenvalue weighted by atomic mass is 19.1. The molecule has 1 aliphatic rings. The van der Waals surface area contributed by atoms with E-state index in [9.17, 15) is 14.4 Å². The van der Waals surface area contributed by atoms with Crippen molar-refractivity contribution >= 4 is 17.2 Å². The molecule has 0 fully saturated rings. The van der Waals surface area contributed by atoms with Crippen LogP contribution in [0.25, 0.3) is 5.57 Å². The van der Waals surface area contributed by atoms with Crippen molar-refractivity contribution in [2.75, 3.05) is 5.32 Å². The minimum atomic E-state index is -1.30. The maximum Gasteiger partial charge on any atom is 0.253 e. The Morgan fingerprint density at radius 2 is 1.59 bits per heavy atom. The van der Waals surface area contributed by atoms with Gasteiger partial charge in [-0.1, -0.05) is 74.5 Å². The lowest BCUT2D eigenvalue weighted by Crippen LogP contribution is -2.44. The third-order valence-electron chi connectivity index (χ3n) is 5.78. The van der Waals surface area contributed by atoms with Crippen LogP contribution in [0.2, 0.25) is 0 Å². The van der Waals surface area contributed by atoms with Crippen molar-refractivity contribution in [1.82, 2.24) is 5.32 Å². The average molecular weight is 426 g/mol. The van der Waals surface area contributed by atoms with Crippen molar-refractivity contribution < 1.29 is 9.18 Å². The molecule has 5 heteroatoms. The van der Waals surface area contributed by atoms with Gasteiger partial charge in [0.2, 0.25) is 0 Å². The molecular formula is C27H24FN3O. The molecule has 4 nitrogen and oxygen atoms in total. The first-order chi connectivity index (χ1) is 15.5. The van der Waals surface area contributed by atoms with Gasteiger partial charge in [0.05, 0.1) is 6.07 Å². The van der Waals surface area contributed by atoms with Gasteiger partial charge >= 0.3 is 0 Å². The third kappa shape index (κ3) is 3.81. The first-order valence-corrected chi connectivity index (χ1v) is 10.6. The molecule has 0 saturated heterocycles. The number of nitrogens with zero attached hydrogens (tertiary/aromatic N) is 1. The summed E-state index contributed by atoms with van der Waals surface area (Å²) < 4.78 is 13.7. The molecule has 4 rings (SSSR count). The minimum absolute atomic E-state index is 0.0286. The smallest absolute Gasteiger partial charge is 0.253 e. The number of hydrogen-bond donors (Lipinski definition) is 2. The molecule has 3 aromatic rings. The fourth-order valence-electron chi connectivity index (χ4n) is 4.27. The van der Waals surface area contributed by atoms with Gasteiger partial charge in [0.25, 0.3) is 5.91 Å². The van der Waals surface area contributed by atoms with Gasteiger partial charge in [0.15, 0.2) is 5.54 Å². The van der Waals surface area contributed by atoms with Crippen LogP contribution in [0.5, 0.6) is 0 Å². The van der Waals surface area contributed by atoms with Crippen LogP contribution in [-0.4, -0.2) is 11.9 Å². The summed E-state index contributed by atoms with van der Waals surface area (Å²) >= 11 is 0. The monoisotopic (exact) mass is 425 g/mol. The largest absolute Gasteiger partial charge is 0.322 e. The lowest BCUT2D eigenvalue weighted by molar-refractivity contribution is -0.113. The highest BCUT2D eigenvalue weighted by Gasteiger charge is 2.50. The van der Waals surface area contributed by atoms with Crippen molar-refractivity contribution in [3.05, 3.63) is 107 Å². The van der Waals surface area contributed by atoms with Crippen LogP contribution in [0.15, 0.2) is 90.5 Å². The van der Waals surface area contributed by atoms with Crippen LogP contribution < -0.4 is 10.6 Å². The third-order valence-corrected chi connectivity index (χ3v) is 5.78. The van der Waals surface area contributed by atoms with Gasteiger partial charge in [-0.2, -0.15) is 5.26 Å². The Morgan fingerprint density at radius 3 is 2.16 bits per heavy atom. The number of carbonyl (C=O) groups excluding carboxylic acids is 1. The zero-order valence-corrected chi connectivity index (χ0v) is 18.0. The molecule has 1 heterocycles. The van der Waals surface area contributed by atoms with Gasteiger partial charge < -0.3 is 5.32 Å². The molecule has 160 valence electrons. The van der Waals surface area contributed by atoms with E-state index in [0.717, 1.165) is 5.56 Å². The standard InChI is InChI=1S/C27H24FN3O/c1-18(2)25-23(26(32)30-22-11-7-4-8-12-22)24(19-9-5-3-6-10-19)27(17-29,31-25)20-13-15-21(28)16-14-20/h3-16,18,25,31H,1-2H3,(H,30,32). The van der Waals surface area contributed by atoms with E-state index in [4.69, 9.17) is 0 Å². The number of para-hydroxylation sites is 1. The predicted octanol–water partition coefficient (Wildman–Crippen LogP) is 5.26. The number of rotatable bonds is 5. The van der Waals surface area contributed by atoms with Crippen molar-refractivity contribution in [1.29, 1.82) is 5.26 Å². The molecule has 0 saturated carbocycles. The number of benzene rings is 3. The van der Waals surface area contributed by atoms with Crippen LogP contribution in [-0.2, 0) is 10.3 Å².